The normalized spacial score (nSPS) is 14.9. The molecule has 0 unspecified atom stereocenters. The second-order valence-electron chi connectivity index (χ2n) is 4.72. The smallest absolute Gasteiger partial charge is 0.0677 e. The highest BCUT2D eigenvalue weighted by Crippen LogP contribution is 2.13. The number of benzene rings is 1. The number of nitrogens with zero attached hydrogens (tertiary/aromatic N) is 2. The van der Waals surface area contributed by atoms with Gasteiger partial charge >= 0.3 is 0 Å². The Hall–Kier alpha value is -1.74. The molecule has 1 aromatic heterocycles. The Morgan fingerprint density at radius 1 is 1.00 bits per heavy atom. The molecule has 0 atom stereocenters. The summed E-state index contributed by atoms with van der Waals surface area (Å²) >= 11 is 0. The van der Waals surface area contributed by atoms with Gasteiger partial charge in [-0.25, -0.2) is 0 Å². The number of hydrogen-bond acceptors (Lipinski definition) is 3. The fourth-order valence-corrected chi connectivity index (χ4v) is 2.38. The Morgan fingerprint density at radius 3 is 2.72 bits per heavy atom. The molecule has 0 saturated carbocycles. The predicted octanol–water partition coefficient (Wildman–Crippen LogP) is 1.76. The summed E-state index contributed by atoms with van der Waals surface area (Å²) in [6.45, 7) is 2.06. The average molecular weight is 239 g/mol. The zero-order valence-corrected chi connectivity index (χ0v) is 10.4. The number of aromatic nitrogens is 2. The molecular formula is C15H17N3. The molecule has 18 heavy (non-hydrogen) atoms. The van der Waals surface area contributed by atoms with Crippen molar-refractivity contribution in [3.63, 3.8) is 0 Å². The van der Waals surface area contributed by atoms with Crippen molar-refractivity contribution in [2.45, 2.75) is 19.3 Å². The molecule has 0 aliphatic carbocycles. The van der Waals surface area contributed by atoms with Crippen LogP contribution in [0.25, 0.3) is 0 Å². The van der Waals surface area contributed by atoms with Crippen LogP contribution in [-0.4, -0.2) is 23.3 Å². The van der Waals surface area contributed by atoms with Crippen LogP contribution in [0.4, 0.5) is 0 Å². The summed E-state index contributed by atoms with van der Waals surface area (Å²) in [6, 6.07) is 12.7. The van der Waals surface area contributed by atoms with E-state index < -0.39 is 0 Å². The van der Waals surface area contributed by atoms with Gasteiger partial charge in [0.2, 0.25) is 0 Å². The van der Waals surface area contributed by atoms with Gasteiger partial charge in [-0.15, -0.1) is 0 Å². The third kappa shape index (κ3) is 2.57. The summed E-state index contributed by atoms with van der Waals surface area (Å²) in [4.78, 5) is 0. The van der Waals surface area contributed by atoms with Crippen molar-refractivity contribution in [1.29, 1.82) is 0 Å². The summed E-state index contributed by atoms with van der Waals surface area (Å²) in [5, 5.41) is 12.1. The molecule has 92 valence electrons. The lowest BCUT2D eigenvalue weighted by Gasteiger charge is -2.06. The Labute approximate surface area is 107 Å². The standard InChI is InChI=1S/C15H17N3/c1-2-4-12(5-3-1)10-14-11-13-6-8-16-9-7-15(13)18-17-14/h1-5,11,16H,6-10H2. The summed E-state index contributed by atoms with van der Waals surface area (Å²) in [5.74, 6) is 0. The van der Waals surface area contributed by atoms with Crippen LogP contribution in [-0.2, 0) is 19.3 Å². The molecule has 3 rings (SSSR count). The van der Waals surface area contributed by atoms with Crippen LogP contribution >= 0.6 is 0 Å². The van der Waals surface area contributed by atoms with E-state index in [1.165, 1.54) is 11.1 Å². The van der Waals surface area contributed by atoms with Crippen LogP contribution in [0.2, 0.25) is 0 Å². The number of fused-ring (bicyclic) bond motifs is 1. The van der Waals surface area contributed by atoms with Crippen LogP contribution in [0.3, 0.4) is 0 Å². The number of nitrogens with one attached hydrogen (secondary N) is 1. The van der Waals surface area contributed by atoms with Crippen molar-refractivity contribution < 1.29 is 0 Å². The monoisotopic (exact) mass is 239 g/mol. The van der Waals surface area contributed by atoms with Gasteiger partial charge in [0.15, 0.2) is 0 Å². The Morgan fingerprint density at radius 2 is 1.83 bits per heavy atom. The average Bonchev–Trinajstić information content (AvgIpc) is 2.64. The minimum absolute atomic E-state index is 0.870. The summed E-state index contributed by atoms with van der Waals surface area (Å²) in [6.07, 6.45) is 2.93. The fourth-order valence-electron chi connectivity index (χ4n) is 2.38. The van der Waals surface area contributed by atoms with Crippen LogP contribution in [0.1, 0.15) is 22.5 Å². The quantitative estimate of drug-likeness (QED) is 0.867. The van der Waals surface area contributed by atoms with E-state index in [1.54, 1.807) is 0 Å². The Balaban J connectivity index is 1.83. The molecule has 3 nitrogen and oxygen atoms in total. The van der Waals surface area contributed by atoms with Gasteiger partial charge < -0.3 is 5.32 Å². The highest BCUT2D eigenvalue weighted by molar-refractivity contribution is 5.27. The summed E-state index contributed by atoms with van der Waals surface area (Å²) in [7, 11) is 0. The molecular weight excluding hydrogens is 222 g/mol. The molecule has 0 spiro atoms. The van der Waals surface area contributed by atoms with Crippen LogP contribution in [0.5, 0.6) is 0 Å². The molecule has 1 N–H and O–H groups in total. The zero-order chi connectivity index (χ0) is 12.2. The van der Waals surface area contributed by atoms with E-state index in [1.807, 2.05) is 6.07 Å². The van der Waals surface area contributed by atoms with Crippen molar-refractivity contribution in [3.8, 4) is 0 Å². The lowest BCUT2D eigenvalue weighted by atomic mass is 10.1. The second kappa shape index (κ2) is 5.27. The van der Waals surface area contributed by atoms with Gasteiger partial charge in [-0.2, -0.15) is 10.2 Å². The van der Waals surface area contributed by atoms with Crippen molar-refractivity contribution in [1.82, 2.24) is 15.5 Å². The maximum atomic E-state index is 4.39. The van der Waals surface area contributed by atoms with Crippen molar-refractivity contribution in [3.05, 3.63) is 58.9 Å². The van der Waals surface area contributed by atoms with Gasteiger partial charge in [0.05, 0.1) is 11.4 Å². The Kier molecular flexibility index (Phi) is 3.33. The molecule has 0 fully saturated rings. The summed E-state index contributed by atoms with van der Waals surface area (Å²) in [5.41, 5.74) is 4.89. The fraction of sp³-hybridized carbons (Fsp3) is 0.333. The maximum Gasteiger partial charge on any atom is 0.0677 e. The molecule has 1 aliphatic heterocycles. The first-order valence-corrected chi connectivity index (χ1v) is 6.51. The highest BCUT2D eigenvalue weighted by Gasteiger charge is 2.10. The van der Waals surface area contributed by atoms with E-state index in [9.17, 15) is 0 Å². The zero-order valence-electron chi connectivity index (χ0n) is 10.4. The van der Waals surface area contributed by atoms with Crippen molar-refractivity contribution >= 4 is 0 Å². The highest BCUT2D eigenvalue weighted by atomic mass is 15.1. The van der Waals surface area contributed by atoms with E-state index in [0.717, 1.165) is 43.7 Å². The van der Waals surface area contributed by atoms with Gasteiger partial charge in [0.25, 0.3) is 0 Å². The topological polar surface area (TPSA) is 37.8 Å². The molecule has 0 bridgehead atoms. The molecule has 0 saturated heterocycles. The van der Waals surface area contributed by atoms with E-state index in [4.69, 9.17) is 0 Å². The molecule has 0 radical (unpaired) electrons. The van der Waals surface area contributed by atoms with E-state index in [0.29, 0.717) is 0 Å². The first-order chi connectivity index (χ1) is 8.92. The molecule has 0 amide bonds. The molecule has 1 aromatic carbocycles. The predicted molar refractivity (Wildman–Crippen MR) is 71.6 cm³/mol. The third-order valence-electron chi connectivity index (χ3n) is 3.35. The largest absolute Gasteiger partial charge is 0.316 e. The van der Waals surface area contributed by atoms with E-state index in [-0.39, 0.29) is 0 Å². The minimum atomic E-state index is 0.870. The molecule has 1 aliphatic rings. The summed E-state index contributed by atoms with van der Waals surface area (Å²) < 4.78 is 0. The SMILES string of the molecule is c1ccc(Cc2cc3c(nn2)CCNCC3)cc1. The number of hydrogen-bond donors (Lipinski definition) is 1. The third-order valence-corrected chi connectivity index (χ3v) is 3.35. The van der Waals surface area contributed by atoms with Gasteiger partial charge in [-0.05, 0) is 30.2 Å². The maximum absolute atomic E-state index is 4.39. The van der Waals surface area contributed by atoms with E-state index >= 15 is 0 Å². The molecule has 2 heterocycles. The van der Waals surface area contributed by atoms with Gasteiger partial charge in [0.1, 0.15) is 0 Å². The van der Waals surface area contributed by atoms with Crippen molar-refractivity contribution in [2.75, 3.05) is 13.1 Å². The molecule has 2 aromatic rings. The first-order valence-electron chi connectivity index (χ1n) is 6.51. The van der Waals surface area contributed by atoms with Gasteiger partial charge in [-0.1, -0.05) is 30.3 Å². The molecule has 3 heteroatoms. The minimum Gasteiger partial charge on any atom is -0.316 e. The lowest BCUT2D eigenvalue weighted by Crippen LogP contribution is -2.16. The Bertz CT molecular complexity index is 523. The second-order valence-corrected chi connectivity index (χ2v) is 4.72. The van der Waals surface area contributed by atoms with Gasteiger partial charge in [-0.3, -0.25) is 0 Å². The first kappa shape index (κ1) is 11.4. The van der Waals surface area contributed by atoms with E-state index in [2.05, 4.69) is 45.8 Å². The van der Waals surface area contributed by atoms with Crippen LogP contribution in [0, 0.1) is 0 Å². The van der Waals surface area contributed by atoms with Crippen LogP contribution < -0.4 is 5.32 Å². The van der Waals surface area contributed by atoms with Gasteiger partial charge in [0, 0.05) is 19.4 Å². The van der Waals surface area contributed by atoms with Crippen molar-refractivity contribution in [2.24, 2.45) is 0 Å². The number of rotatable bonds is 2. The van der Waals surface area contributed by atoms with Crippen LogP contribution in [0.15, 0.2) is 36.4 Å². The lowest BCUT2D eigenvalue weighted by molar-refractivity contribution is 0.706.